The number of rotatable bonds is 5. The molecule has 0 radical (unpaired) electrons. The molecule has 0 amide bonds. The lowest BCUT2D eigenvalue weighted by molar-refractivity contribution is -0.152. The van der Waals surface area contributed by atoms with E-state index in [0.29, 0.717) is 12.5 Å². The molecule has 1 aliphatic rings. The summed E-state index contributed by atoms with van der Waals surface area (Å²) in [7, 11) is 0. The third-order valence-electron chi connectivity index (χ3n) is 4.18. The topological polar surface area (TPSA) is 29.5 Å². The molecular weight excluding hydrogens is 250 g/mol. The van der Waals surface area contributed by atoms with E-state index >= 15 is 0 Å². The van der Waals surface area contributed by atoms with Crippen molar-refractivity contribution in [2.45, 2.75) is 33.2 Å². The number of ether oxygens (including phenoxy) is 1. The highest BCUT2D eigenvalue weighted by molar-refractivity contribution is 5.73. The zero-order chi connectivity index (χ0) is 14.4. The van der Waals surface area contributed by atoms with Crippen LogP contribution in [0, 0.1) is 11.8 Å². The molecule has 0 spiro atoms. The lowest BCUT2D eigenvalue weighted by atomic mass is 9.83. The largest absolute Gasteiger partial charge is 0.466 e. The zero-order valence-electron chi connectivity index (χ0n) is 12.5. The lowest BCUT2D eigenvalue weighted by Gasteiger charge is -2.37. The molecule has 110 valence electrons. The summed E-state index contributed by atoms with van der Waals surface area (Å²) in [6.45, 7) is 7.49. The SMILES string of the molecule is CCOC(=O)C1CCN(Cc2ccccc2)CC1CC. The fraction of sp³-hybridized carbons (Fsp3) is 0.588. The quantitative estimate of drug-likeness (QED) is 0.773. The molecule has 1 saturated heterocycles. The minimum absolute atomic E-state index is 0.00119. The van der Waals surface area contributed by atoms with Crippen LogP contribution in [0.25, 0.3) is 0 Å². The van der Waals surface area contributed by atoms with E-state index in [-0.39, 0.29) is 11.9 Å². The Morgan fingerprint density at radius 3 is 2.70 bits per heavy atom. The smallest absolute Gasteiger partial charge is 0.309 e. The Morgan fingerprint density at radius 2 is 2.05 bits per heavy atom. The van der Waals surface area contributed by atoms with Crippen molar-refractivity contribution in [1.29, 1.82) is 0 Å². The number of likely N-dealkylation sites (tertiary alicyclic amines) is 1. The average Bonchev–Trinajstić information content (AvgIpc) is 2.48. The second-order valence-corrected chi connectivity index (χ2v) is 5.54. The summed E-state index contributed by atoms with van der Waals surface area (Å²) in [5.41, 5.74) is 1.34. The Hall–Kier alpha value is -1.35. The van der Waals surface area contributed by atoms with Crippen LogP contribution in [0.5, 0.6) is 0 Å². The van der Waals surface area contributed by atoms with E-state index in [4.69, 9.17) is 4.74 Å². The van der Waals surface area contributed by atoms with E-state index in [0.717, 1.165) is 32.5 Å². The molecule has 3 nitrogen and oxygen atoms in total. The fourth-order valence-electron chi connectivity index (χ4n) is 3.07. The van der Waals surface area contributed by atoms with Gasteiger partial charge in [0.25, 0.3) is 0 Å². The van der Waals surface area contributed by atoms with Crippen LogP contribution in [0.1, 0.15) is 32.3 Å². The van der Waals surface area contributed by atoms with E-state index in [2.05, 4.69) is 36.1 Å². The molecular formula is C17H25NO2. The predicted octanol–water partition coefficient (Wildman–Crippen LogP) is 3.10. The van der Waals surface area contributed by atoms with Gasteiger partial charge in [-0.3, -0.25) is 9.69 Å². The van der Waals surface area contributed by atoms with Crippen LogP contribution in [0.3, 0.4) is 0 Å². The summed E-state index contributed by atoms with van der Waals surface area (Å²) in [5, 5.41) is 0. The minimum Gasteiger partial charge on any atom is -0.466 e. The van der Waals surface area contributed by atoms with Gasteiger partial charge in [0.1, 0.15) is 0 Å². The monoisotopic (exact) mass is 275 g/mol. The van der Waals surface area contributed by atoms with E-state index < -0.39 is 0 Å². The van der Waals surface area contributed by atoms with Gasteiger partial charge in [-0.1, -0.05) is 43.7 Å². The molecule has 0 bridgehead atoms. The highest BCUT2D eigenvalue weighted by Gasteiger charge is 2.33. The number of carbonyl (C=O) groups is 1. The molecule has 2 atom stereocenters. The molecule has 0 N–H and O–H groups in total. The highest BCUT2D eigenvalue weighted by Crippen LogP contribution is 2.28. The lowest BCUT2D eigenvalue weighted by Crippen LogP contribution is -2.43. The summed E-state index contributed by atoms with van der Waals surface area (Å²) in [4.78, 5) is 14.4. The van der Waals surface area contributed by atoms with Crippen LogP contribution in [-0.4, -0.2) is 30.6 Å². The first-order chi connectivity index (χ1) is 9.74. The molecule has 0 saturated carbocycles. The molecule has 1 aromatic rings. The highest BCUT2D eigenvalue weighted by atomic mass is 16.5. The molecule has 1 fully saturated rings. The van der Waals surface area contributed by atoms with Gasteiger partial charge in [0.05, 0.1) is 12.5 Å². The fourth-order valence-corrected chi connectivity index (χ4v) is 3.07. The summed E-state index contributed by atoms with van der Waals surface area (Å²) in [5.74, 6) is 0.511. The van der Waals surface area contributed by atoms with Crippen molar-refractivity contribution in [2.24, 2.45) is 11.8 Å². The maximum absolute atomic E-state index is 12.0. The van der Waals surface area contributed by atoms with E-state index in [1.807, 2.05) is 13.0 Å². The number of nitrogens with zero attached hydrogens (tertiary/aromatic N) is 1. The summed E-state index contributed by atoms with van der Waals surface area (Å²) >= 11 is 0. The number of hydrogen-bond donors (Lipinski definition) is 0. The van der Waals surface area contributed by atoms with Gasteiger partial charge in [-0.2, -0.15) is 0 Å². The van der Waals surface area contributed by atoms with Crippen LogP contribution in [-0.2, 0) is 16.1 Å². The predicted molar refractivity (Wildman–Crippen MR) is 80.2 cm³/mol. The van der Waals surface area contributed by atoms with Gasteiger partial charge < -0.3 is 4.74 Å². The van der Waals surface area contributed by atoms with Gasteiger partial charge in [-0.25, -0.2) is 0 Å². The van der Waals surface area contributed by atoms with Crippen molar-refractivity contribution in [2.75, 3.05) is 19.7 Å². The summed E-state index contributed by atoms with van der Waals surface area (Å²) in [6, 6.07) is 10.5. The van der Waals surface area contributed by atoms with Crippen LogP contribution in [0.4, 0.5) is 0 Å². The van der Waals surface area contributed by atoms with Gasteiger partial charge in [0.2, 0.25) is 0 Å². The van der Waals surface area contributed by atoms with E-state index in [9.17, 15) is 4.79 Å². The van der Waals surface area contributed by atoms with Crippen LogP contribution < -0.4 is 0 Å². The van der Waals surface area contributed by atoms with Gasteiger partial charge in [-0.15, -0.1) is 0 Å². The van der Waals surface area contributed by atoms with Crippen molar-refractivity contribution in [3.05, 3.63) is 35.9 Å². The number of benzene rings is 1. The van der Waals surface area contributed by atoms with Crippen LogP contribution in [0.15, 0.2) is 30.3 Å². The standard InChI is InChI=1S/C17H25NO2/c1-3-15-13-18(12-14-8-6-5-7-9-14)11-10-16(15)17(19)20-4-2/h5-9,15-16H,3-4,10-13H2,1-2H3. The Bertz CT molecular complexity index is 418. The summed E-state index contributed by atoms with van der Waals surface area (Å²) in [6.07, 6.45) is 1.96. The van der Waals surface area contributed by atoms with Crippen molar-refractivity contribution >= 4 is 5.97 Å². The van der Waals surface area contributed by atoms with E-state index in [1.54, 1.807) is 0 Å². The van der Waals surface area contributed by atoms with Gasteiger partial charge in [-0.05, 0) is 31.4 Å². The van der Waals surface area contributed by atoms with Crippen molar-refractivity contribution in [1.82, 2.24) is 4.90 Å². The Labute approximate surface area is 121 Å². The van der Waals surface area contributed by atoms with Gasteiger partial charge in [0, 0.05) is 13.1 Å². The van der Waals surface area contributed by atoms with Crippen molar-refractivity contribution in [3.63, 3.8) is 0 Å². The second kappa shape index (κ2) is 7.44. The molecule has 1 heterocycles. The molecule has 20 heavy (non-hydrogen) atoms. The normalized spacial score (nSPS) is 23.5. The molecule has 0 aliphatic carbocycles. The first kappa shape index (κ1) is 15.0. The molecule has 3 heteroatoms. The van der Waals surface area contributed by atoms with Gasteiger partial charge in [0.15, 0.2) is 0 Å². The maximum atomic E-state index is 12.0. The third kappa shape index (κ3) is 3.83. The van der Waals surface area contributed by atoms with E-state index in [1.165, 1.54) is 5.56 Å². The average molecular weight is 275 g/mol. The molecule has 2 unspecified atom stereocenters. The maximum Gasteiger partial charge on any atom is 0.309 e. The number of hydrogen-bond acceptors (Lipinski definition) is 3. The molecule has 2 rings (SSSR count). The number of piperidine rings is 1. The summed E-state index contributed by atoms with van der Waals surface area (Å²) < 4.78 is 5.21. The zero-order valence-corrected chi connectivity index (χ0v) is 12.5. The van der Waals surface area contributed by atoms with Crippen LogP contribution >= 0.6 is 0 Å². The van der Waals surface area contributed by atoms with Crippen LogP contribution in [0.2, 0.25) is 0 Å². The molecule has 1 aliphatic heterocycles. The van der Waals surface area contributed by atoms with Gasteiger partial charge >= 0.3 is 5.97 Å². The third-order valence-corrected chi connectivity index (χ3v) is 4.18. The first-order valence-corrected chi connectivity index (χ1v) is 7.67. The van der Waals surface area contributed by atoms with Crippen molar-refractivity contribution in [3.8, 4) is 0 Å². The Kier molecular flexibility index (Phi) is 5.60. The molecule has 1 aromatic carbocycles. The Balaban J connectivity index is 1.93. The number of carbonyl (C=O) groups excluding carboxylic acids is 1. The van der Waals surface area contributed by atoms with Crippen molar-refractivity contribution < 1.29 is 9.53 Å². The second-order valence-electron chi connectivity index (χ2n) is 5.54. The number of esters is 1. The Morgan fingerprint density at radius 1 is 1.30 bits per heavy atom. The minimum atomic E-state index is -0.00119. The first-order valence-electron chi connectivity index (χ1n) is 7.67. The molecule has 0 aromatic heterocycles.